The Labute approximate surface area is 81.1 Å². The molecule has 1 aromatic rings. The Morgan fingerprint density at radius 2 is 2.29 bits per heavy atom. The number of hydrogen-bond acceptors (Lipinski definition) is 7. The lowest BCUT2D eigenvalue weighted by molar-refractivity contribution is 0.0995. The average molecular weight is 221 g/mol. The van der Waals surface area contributed by atoms with Gasteiger partial charge in [0.25, 0.3) is 5.89 Å². The topological polar surface area (TPSA) is 108 Å². The lowest BCUT2D eigenvalue weighted by Crippen LogP contribution is -2.09. The molecular formula is C6H11N3O4S. The number of hydrogen-bond donors (Lipinski definition) is 1. The van der Waals surface area contributed by atoms with Crippen molar-refractivity contribution in [2.75, 3.05) is 6.26 Å². The minimum absolute atomic E-state index is 0.0382. The zero-order valence-electron chi connectivity index (χ0n) is 7.80. The maximum absolute atomic E-state index is 11.1. The maximum atomic E-state index is 11.1. The molecule has 0 saturated heterocycles. The smallest absolute Gasteiger partial charge is 0.254 e. The summed E-state index contributed by atoms with van der Waals surface area (Å²) in [5.41, 5.74) is 0. The van der Waals surface area contributed by atoms with E-state index in [0.717, 1.165) is 6.26 Å². The van der Waals surface area contributed by atoms with Crippen molar-refractivity contribution < 1.29 is 17.8 Å². The lowest BCUT2D eigenvalue weighted by Gasteiger charge is -2.01. The first-order valence-electron chi connectivity index (χ1n) is 3.78. The van der Waals surface area contributed by atoms with Crippen LogP contribution in [0.1, 0.15) is 23.9 Å². The van der Waals surface area contributed by atoms with E-state index in [9.17, 15) is 8.42 Å². The molecule has 0 amide bonds. The fourth-order valence-electron chi connectivity index (χ4n) is 0.755. The van der Waals surface area contributed by atoms with Gasteiger partial charge in [0.1, 0.15) is 11.9 Å². The second kappa shape index (κ2) is 4.03. The van der Waals surface area contributed by atoms with Gasteiger partial charge >= 0.3 is 0 Å². The molecule has 0 saturated carbocycles. The second-order valence-electron chi connectivity index (χ2n) is 2.83. The predicted molar refractivity (Wildman–Crippen MR) is 46.5 cm³/mol. The summed E-state index contributed by atoms with van der Waals surface area (Å²) in [6.45, 7) is 1.44. The maximum Gasteiger partial charge on any atom is 0.254 e. The zero-order chi connectivity index (χ0) is 10.8. The van der Waals surface area contributed by atoms with Gasteiger partial charge in [0.15, 0.2) is 15.7 Å². The molecule has 0 aliphatic rings. The molecule has 80 valence electrons. The normalized spacial score (nSPS) is 14.2. The summed E-state index contributed by atoms with van der Waals surface area (Å²) >= 11 is 0. The van der Waals surface area contributed by atoms with Crippen LogP contribution in [0.2, 0.25) is 0 Å². The Morgan fingerprint density at radius 1 is 1.64 bits per heavy atom. The van der Waals surface area contributed by atoms with E-state index in [4.69, 9.17) is 10.4 Å². The molecule has 7 nitrogen and oxygen atoms in total. The Morgan fingerprint density at radius 3 is 2.79 bits per heavy atom. The van der Waals surface area contributed by atoms with Crippen molar-refractivity contribution in [3.8, 4) is 0 Å². The van der Waals surface area contributed by atoms with Gasteiger partial charge < -0.3 is 4.52 Å². The van der Waals surface area contributed by atoms with Gasteiger partial charge in [-0.3, -0.25) is 4.84 Å². The number of sulfone groups is 1. The molecule has 2 N–H and O–H groups in total. The van der Waals surface area contributed by atoms with E-state index in [1.54, 1.807) is 0 Å². The van der Waals surface area contributed by atoms with E-state index >= 15 is 0 Å². The van der Waals surface area contributed by atoms with Gasteiger partial charge in [-0.1, -0.05) is 5.16 Å². The highest BCUT2D eigenvalue weighted by atomic mass is 32.2. The van der Waals surface area contributed by atoms with Crippen LogP contribution in [0, 0.1) is 0 Å². The van der Waals surface area contributed by atoms with Crippen molar-refractivity contribution >= 4 is 9.84 Å². The highest BCUT2D eigenvalue weighted by Gasteiger charge is 2.22. The minimum atomic E-state index is -3.21. The number of nitrogens with two attached hydrogens (primary N) is 1. The summed E-state index contributed by atoms with van der Waals surface area (Å²) in [6.07, 6.45) is 1.10. The van der Waals surface area contributed by atoms with Crippen molar-refractivity contribution in [2.45, 2.75) is 18.8 Å². The van der Waals surface area contributed by atoms with Gasteiger partial charge in [-0.15, -0.1) is 0 Å². The quantitative estimate of drug-likeness (QED) is 0.687. The molecule has 0 aliphatic heterocycles. The van der Waals surface area contributed by atoms with Gasteiger partial charge in [0.05, 0.1) is 0 Å². The molecule has 0 radical (unpaired) electrons. The number of aromatic nitrogens is 2. The van der Waals surface area contributed by atoms with Crippen molar-refractivity contribution in [1.82, 2.24) is 10.1 Å². The Bertz CT molecular complexity index is 399. The minimum Gasteiger partial charge on any atom is -0.337 e. The van der Waals surface area contributed by atoms with Crippen LogP contribution in [0.3, 0.4) is 0 Å². The second-order valence-corrected chi connectivity index (χ2v) is 5.20. The highest BCUT2D eigenvalue weighted by Crippen LogP contribution is 2.17. The Balaban J connectivity index is 2.87. The number of rotatable bonds is 4. The molecule has 0 bridgehead atoms. The molecule has 14 heavy (non-hydrogen) atoms. The van der Waals surface area contributed by atoms with Gasteiger partial charge in [0.2, 0.25) is 0 Å². The molecule has 8 heteroatoms. The average Bonchev–Trinajstić information content (AvgIpc) is 2.50. The van der Waals surface area contributed by atoms with E-state index in [1.165, 1.54) is 6.92 Å². The van der Waals surface area contributed by atoms with E-state index in [1.807, 2.05) is 0 Å². The first-order valence-corrected chi connectivity index (χ1v) is 5.73. The summed E-state index contributed by atoms with van der Waals surface area (Å²) in [7, 11) is -3.21. The standard InChI is InChI=1S/C6H11N3O4S/c1-4(14(2,10)11)6-8-5(3-12-7)13-9-6/h4H,3,7H2,1-2H3. The summed E-state index contributed by atoms with van der Waals surface area (Å²) in [5, 5.41) is 2.71. The third kappa shape index (κ3) is 2.50. The van der Waals surface area contributed by atoms with Crippen LogP contribution in [-0.4, -0.2) is 24.8 Å². The van der Waals surface area contributed by atoms with Crippen LogP contribution in [0.25, 0.3) is 0 Å². The van der Waals surface area contributed by atoms with Crippen LogP contribution in [0.5, 0.6) is 0 Å². The third-order valence-corrected chi connectivity index (χ3v) is 3.19. The SMILES string of the molecule is CC(c1noc(CON)n1)S(C)(=O)=O. The van der Waals surface area contributed by atoms with Crippen LogP contribution < -0.4 is 5.90 Å². The molecule has 0 spiro atoms. The molecule has 1 rings (SSSR count). The fourth-order valence-corrected chi connectivity index (χ4v) is 1.23. The summed E-state index contributed by atoms with van der Waals surface area (Å²) in [4.78, 5) is 8.07. The molecule has 1 aromatic heterocycles. The largest absolute Gasteiger partial charge is 0.337 e. The highest BCUT2D eigenvalue weighted by molar-refractivity contribution is 7.90. The zero-order valence-corrected chi connectivity index (χ0v) is 8.61. The van der Waals surface area contributed by atoms with Crippen LogP contribution >= 0.6 is 0 Å². The first kappa shape index (κ1) is 11.1. The summed E-state index contributed by atoms with van der Waals surface area (Å²) in [6, 6.07) is 0. The van der Waals surface area contributed by atoms with Crippen LogP contribution in [-0.2, 0) is 21.3 Å². The summed E-state index contributed by atoms with van der Waals surface area (Å²) < 4.78 is 26.9. The Kier molecular flexibility index (Phi) is 3.19. The van der Waals surface area contributed by atoms with E-state index < -0.39 is 15.1 Å². The number of nitrogens with zero attached hydrogens (tertiary/aromatic N) is 2. The molecule has 0 aromatic carbocycles. The monoisotopic (exact) mass is 221 g/mol. The molecule has 1 unspecified atom stereocenters. The van der Waals surface area contributed by atoms with Crippen molar-refractivity contribution in [1.29, 1.82) is 0 Å². The van der Waals surface area contributed by atoms with Crippen LogP contribution in [0.15, 0.2) is 4.52 Å². The van der Waals surface area contributed by atoms with Gasteiger partial charge in [-0.25, -0.2) is 14.3 Å². The van der Waals surface area contributed by atoms with Crippen molar-refractivity contribution in [3.63, 3.8) is 0 Å². The van der Waals surface area contributed by atoms with E-state index in [2.05, 4.69) is 15.0 Å². The van der Waals surface area contributed by atoms with Gasteiger partial charge in [-0.05, 0) is 6.92 Å². The van der Waals surface area contributed by atoms with Crippen molar-refractivity contribution in [2.24, 2.45) is 5.90 Å². The molecule has 0 aliphatic carbocycles. The molecular weight excluding hydrogens is 210 g/mol. The molecule has 1 heterocycles. The third-order valence-electron chi connectivity index (χ3n) is 1.70. The first-order chi connectivity index (χ1) is 6.45. The fraction of sp³-hybridized carbons (Fsp3) is 0.667. The van der Waals surface area contributed by atoms with E-state index in [-0.39, 0.29) is 18.3 Å². The van der Waals surface area contributed by atoms with Crippen LogP contribution in [0.4, 0.5) is 0 Å². The Hall–Kier alpha value is -0.990. The predicted octanol–water partition coefficient (Wildman–Crippen LogP) is -0.434. The molecule has 0 fully saturated rings. The van der Waals surface area contributed by atoms with Crippen molar-refractivity contribution in [3.05, 3.63) is 11.7 Å². The van der Waals surface area contributed by atoms with Gasteiger partial charge in [-0.2, -0.15) is 4.98 Å². The van der Waals surface area contributed by atoms with Gasteiger partial charge in [0, 0.05) is 6.26 Å². The van der Waals surface area contributed by atoms with E-state index in [0.29, 0.717) is 0 Å². The lowest BCUT2D eigenvalue weighted by atomic mass is 10.4. The molecule has 1 atom stereocenters. The summed E-state index contributed by atoms with van der Waals surface area (Å²) in [5.74, 6) is 5.05.